The minimum absolute atomic E-state index is 0.0898. The Labute approximate surface area is 172 Å². The van der Waals surface area contributed by atoms with E-state index < -0.39 is 0 Å². The molecule has 3 aromatic carbocycles. The maximum atomic E-state index is 13.4. The van der Waals surface area contributed by atoms with Crippen LogP contribution in [0.2, 0.25) is 10.0 Å². The van der Waals surface area contributed by atoms with Crippen molar-refractivity contribution >= 4 is 34.1 Å². The summed E-state index contributed by atoms with van der Waals surface area (Å²) in [5.74, 6) is 0.698. The number of halogens is 2. The van der Waals surface area contributed by atoms with Gasteiger partial charge in [0.25, 0.3) is 5.56 Å². The van der Waals surface area contributed by atoms with Crippen molar-refractivity contribution in [3.63, 3.8) is 0 Å². The van der Waals surface area contributed by atoms with Crippen LogP contribution >= 0.6 is 23.2 Å². The largest absolute Gasteiger partial charge is 0.497 e. The molecule has 4 aromatic rings. The number of fused-ring (bicyclic) bond motifs is 1. The maximum absolute atomic E-state index is 13.4. The van der Waals surface area contributed by atoms with Crippen molar-refractivity contribution in [2.24, 2.45) is 7.05 Å². The summed E-state index contributed by atoms with van der Waals surface area (Å²) in [4.78, 5) is 13.4. The first-order valence-corrected chi connectivity index (χ1v) is 9.48. The quantitative estimate of drug-likeness (QED) is 0.403. The lowest BCUT2D eigenvalue weighted by Crippen LogP contribution is -2.20. The number of hydrogen-bond donors (Lipinski definition) is 0. The van der Waals surface area contributed by atoms with Gasteiger partial charge in [-0.1, -0.05) is 47.5 Å². The normalized spacial score (nSPS) is 11.0. The van der Waals surface area contributed by atoms with Gasteiger partial charge >= 0.3 is 0 Å². The second kappa shape index (κ2) is 7.34. The highest BCUT2D eigenvalue weighted by molar-refractivity contribution is 6.31. The number of aryl methyl sites for hydroxylation is 1. The Kier molecular flexibility index (Phi) is 4.88. The predicted octanol–water partition coefficient (Wildman–Crippen LogP) is 6.19. The highest BCUT2D eigenvalue weighted by Gasteiger charge is 2.19. The number of hydrogen-bond acceptors (Lipinski definition) is 2. The molecule has 1 heterocycles. The third-order valence-electron chi connectivity index (χ3n) is 4.87. The fraction of sp³-hybridized carbons (Fsp3) is 0.0870. The van der Waals surface area contributed by atoms with E-state index in [0.29, 0.717) is 21.4 Å². The molecule has 0 spiro atoms. The Morgan fingerprint density at radius 2 is 1.32 bits per heavy atom. The zero-order valence-corrected chi connectivity index (χ0v) is 16.9. The molecule has 5 heteroatoms. The summed E-state index contributed by atoms with van der Waals surface area (Å²) in [6.45, 7) is 0. The number of benzene rings is 3. The minimum atomic E-state index is -0.0898. The number of ether oxygens (including phenoxy) is 1. The van der Waals surface area contributed by atoms with Crippen molar-refractivity contribution in [3.05, 3.63) is 87.1 Å². The third-order valence-corrected chi connectivity index (χ3v) is 5.37. The zero-order chi connectivity index (χ0) is 19.8. The highest BCUT2D eigenvalue weighted by atomic mass is 35.5. The van der Waals surface area contributed by atoms with Gasteiger partial charge in [-0.05, 0) is 47.5 Å². The smallest absolute Gasteiger partial charge is 0.259 e. The van der Waals surface area contributed by atoms with Gasteiger partial charge in [0.1, 0.15) is 5.75 Å². The summed E-state index contributed by atoms with van der Waals surface area (Å²) >= 11 is 12.2. The van der Waals surface area contributed by atoms with E-state index in [1.165, 1.54) is 0 Å². The van der Waals surface area contributed by atoms with Crippen molar-refractivity contribution in [3.8, 4) is 28.0 Å². The van der Waals surface area contributed by atoms with E-state index in [4.69, 9.17) is 27.9 Å². The van der Waals surface area contributed by atoms with E-state index in [1.54, 1.807) is 30.9 Å². The van der Waals surface area contributed by atoms with Crippen molar-refractivity contribution in [2.45, 2.75) is 0 Å². The summed E-state index contributed by atoms with van der Waals surface area (Å²) in [7, 11) is 3.39. The first-order valence-electron chi connectivity index (χ1n) is 8.72. The predicted molar refractivity (Wildman–Crippen MR) is 117 cm³/mol. The SMILES string of the molecule is COc1ccc2c(-c3ccc(Cl)cc3)c(-c3ccc(Cl)cc3)c(=O)n(C)c2c1. The summed E-state index contributed by atoms with van der Waals surface area (Å²) < 4.78 is 7.01. The van der Waals surface area contributed by atoms with Gasteiger partial charge in [0.05, 0.1) is 18.2 Å². The molecule has 0 unspecified atom stereocenters. The van der Waals surface area contributed by atoms with Crippen LogP contribution < -0.4 is 10.3 Å². The lowest BCUT2D eigenvalue weighted by atomic mass is 9.92. The zero-order valence-electron chi connectivity index (χ0n) is 15.4. The van der Waals surface area contributed by atoms with Crippen LogP contribution in [0.4, 0.5) is 0 Å². The second-order valence-electron chi connectivity index (χ2n) is 6.51. The molecule has 0 saturated heterocycles. The fourth-order valence-electron chi connectivity index (χ4n) is 3.45. The Hall–Kier alpha value is -2.75. The molecule has 3 nitrogen and oxygen atoms in total. The standard InChI is InChI=1S/C23H17Cl2NO2/c1-26-20-13-18(28-2)11-12-19(20)21(14-3-7-16(24)8-4-14)22(23(26)27)15-5-9-17(25)10-6-15/h3-13H,1-2H3. The molecule has 140 valence electrons. The van der Waals surface area contributed by atoms with Crippen LogP contribution in [0.25, 0.3) is 33.2 Å². The van der Waals surface area contributed by atoms with Crippen LogP contribution in [-0.2, 0) is 7.05 Å². The van der Waals surface area contributed by atoms with Crippen LogP contribution in [0.3, 0.4) is 0 Å². The van der Waals surface area contributed by atoms with Crippen LogP contribution in [0.5, 0.6) is 5.75 Å². The Morgan fingerprint density at radius 3 is 1.86 bits per heavy atom. The molecule has 0 aliphatic rings. The summed E-state index contributed by atoms with van der Waals surface area (Å²) in [6, 6.07) is 20.6. The van der Waals surface area contributed by atoms with Crippen LogP contribution in [0, 0.1) is 0 Å². The van der Waals surface area contributed by atoms with Gasteiger partial charge in [-0.2, -0.15) is 0 Å². The van der Waals surface area contributed by atoms with Crippen LogP contribution in [-0.4, -0.2) is 11.7 Å². The van der Waals surface area contributed by atoms with Gasteiger partial charge in [-0.3, -0.25) is 4.79 Å². The monoisotopic (exact) mass is 409 g/mol. The molecule has 0 amide bonds. The summed E-state index contributed by atoms with van der Waals surface area (Å²) in [5.41, 5.74) is 3.92. The molecule has 4 rings (SSSR count). The first-order chi connectivity index (χ1) is 13.5. The summed E-state index contributed by atoms with van der Waals surface area (Å²) in [6.07, 6.45) is 0. The molecule has 0 bridgehead atoms. The molecule has 0 aliphatic heterocycles. The molecule has 0 aliphatic carbocycles. The van der Waals surface area contributed by atoms with Crippen molar-refractivity contribution in [2.75, 3.05) is 7.11 Å². The van der Waals surface area contributed by atoms with Gasteiger partial charge in [0, 0.05) is 34.1 Å². The fourth-order valence-corrected chi connectivity index (χ4v) is 3.70. The van der Waals surface area contributed by atoms with E-state index in [9.17, 15) is 4.79 Å². The number of pyridine rings is 1. The molecular weight excluding hydrogens is 393 g/mol. The second-order valence-corrected chi connectivity index (χ2v) is 7.38. The number of aromatic nitrogens is 1. The topological polar surface area (TPSA) is 31.2 Å². The van der Waals surface area contributed by atoms with E-state index in [-0.39, 0.29) is 5.56 Å². The lowest BCUT2D eigenvalue weighted by Gasteiger charge is -2.17. The molecule has 0 N–H and O–H groups in total. The lowest BCUT2D eigenvalue weighted by molar-refractivity contribution is 0.415. The van der Waals surface area contributed by atoms with Gasteiger partial charge < -0.3 is 9.30 Å². The maximum Gasteiger partial charge on any atom is 0.259 e. The molecule has 0 radical (unpaired) electrons. The average molecular weight is 410 g/mol. The number of rotatable bonds is 3. The van der Waals surface area contributed by atoms with E-state index in [2.05, 4.69) is 0 Å². The first kappa shape index (κ1) is 18.6. The van der Waals surface area contributed by atoms with Gasteiger partial charge in [-0.15, -0.1) is 0 Å². The van der Waals surface area contributed by atoms with E-state index in [1.807, 2.05) is 54.6 Å². The Morgan fingerprint density at radius 1 is 0.786 bits per heavy atom. The van der Waals surface area contributed by atoms with Crippen molar-refractivity contribution in [1.82, 2.24) is 4.57 Å². The minimum Gasteiger partial charge on any atom is -0.497 e. The molecule has 28 heavy (non-hydrogen) atoms. The van der Waals surface area contributed by atoms with Crippen LogP contribution in [0.1, 0.15) is 0 Å². The van der Waals surface area contributed by atoms with Gasteiger partial charge in [-0.25, -0.2) is 0 Å². The average Bonchev–Trinajstić information content (AvgIpc) is 2.72. The summed E-state index contributed by atoms with van der Waals surface area (Å²) in [5, 5.41) is 2.22. The molecule has 1 aromatic heterocycles. The van der Waals surface area contributed by atoms with E-state index in [0.717, 1.165) is 27.6 Å². The van der Waals surface area contributed by atoms with E-state index >= 15 is 0 Å². The molecule has 0 atom stereocenters. The third kappa shape index (κ3) is 3.17. The Bertz CT molecular complexity index is 1230. The van der Waals surface area contributed by atoms with Gasteiger partial charge in [0.15, 0.2) is 0 Å². The molecule has 0 fully saturated rings. The van der Waals surface area contributed by atoms with Crippen LogP contribution in [0.15, 0.2) is 71.5 Å². The number of nitrogens with zero attached hydrogens (tertiary/aromatic N) is 1. The number of methoxy groups -OCH3 is 1. The van der Waals surface area contributed by atoms with Crippen molar-refractivity contribution < 1.29 is 4.74 Å². The van der Waals surface area contributed by atoms with Gasteiger partial charge in [0.2, 0.25) is 0 Å². The van der Waals surface area contributed by atoms with Crippen molar-refractivity contribution in [1.29, 1.82) is 0 Å². The molecular formula is C23H17Cl2NO2. The highest BCUT2D eigenvalue weighted by Crippen LogP contribution is 2.37. The molecule has 0 saturated carbocycles. The Balaban J connectivity index is 2.16.